The largest absolute Gasteiger partial charge is 0.477 e. The van der Waals surface area contributed by atoms with Gasteiger partial charge in [0.1, 0.15) is 4.88 Å². The number of carboxylic acids is 1. The van der Waals surface area contributed by atoms with Gasteiger partial charge in [-0.15, -0.1) is 11.3 Å². The molecule has 0 aliphatic rings. The van der Waals surface area contributed by atoms with Crippen LogP contribution in [0, 0.1) is 6.92 Å². The van der Waals surface area contributed by atoms with E-state index in [1.807, 2.05) is 18.7 Å². The number of thiophene rings is 1. The second-order valence-electron chi connectivity index (χ2n) is 3.05. The van der Waals surface area contributed by atoms with Gasteiger partial charge in [0.05, 0.1) is 0 Å². The molecule has 0 aromatic carbocycles. The third-order valence-corrected chi connectivity index (χ3v) is 4.13. The predicted octanol–water partition coefficient (Wildman–Crippen LogP) is 3.40. The van der Waals surface area contributed by atoms with Gasteiger partial charge in [-0.2, -0.15) is 11.8 Å². The van der Waals surface area contributed by atoms with Crippen LogP contribution >= 0.6 is 23.1 Å². The molecule has 0 aliphatic carbocycles. The number of aryl methyl sites for hydroxylation is 1. The quantitative estimate of drug-likeness (QED) is 0.788. The van der Waals surface area contributed by atoms with Crippen molar-refractivity contribution >= 4 is 29.1 Å². The molecule has 0 amide bonds. The van der Waals surface area contributed by atoms with Gasteiger partial charge in [-0.3, -0.25) is 0 Å². The summed E-state index contributed by atoms with van der Waals surface area (Å²) in [4.78, 5) is 12.3. The van der Waals surface area contributed by atoms with Crippen molar-refractivity contribution in [1.82, 2.24) is 0 Å². The lowest BCUT2D eigenvalue weighted by Gasteiger charge is -1.97. The Balaban J connectivity index is 2.63. The molecule has 78 valence electrons. The molecule has 0 radical (unpaired) electrons. The van der Waals surface area contributed by atoms with Crippen molar-refractivity contribution in [2.75, 3.05) is 5.75 Å². The van der Waals surface area contributed by atoms with Crippen LogP contribution in [0.5, 0.6) is 0 Å². The number of hydrogen-bond donors (Lipinski definition) is 1. The Morgan fingerprint density at radius 2 is 2.36 bits per heavy atom. The van der Waals surface area contributed by atoms with Gasteiger partial charge < -0.3 is 5.11 Å². The summed E-state index contributed by atoms with van der Waals surface area (Å²) in [6.45, 7) is 4.13. The molecule has 4 heteroatoms. The maximum Gasteiger partial charge on any atom is 0.345 e. The van der Waals surface area contributed by atoms with Crippen LogP contribution in [0.4, 0.5) is 0 Å². The summed E-state index contributed by atoms with van der Waals surface area (Å²) in [6.07, 6.45) is 1.17. The molecule has 14 heavy (non-hydrogen) atoms. The van der Waals surface area contributed by atoms with Crippen molar-refractivity contribution in [2.45, 2.75) is 26.0 Å². The first-order valence-corrected chi connectivity index (χ1v) is 6.52. The summed E-state index contributed by atoms with van der Waals surface area (Å²) in [5.41, 5.74) is 1.17. The van der Waals surface area contributed by atoms with E-state index in [1.54, 1.807) is 6.07 Å². The maximum atomic E-state index is 10.7. The van der Waals surface area contributed by atoms with E-state index in [1.165, 1.54) is 23.3 Å². The number of aromatic carboxylic acids is 1. The minimum absolute atomic E-state index is 0.453. The average molecular weight is 230 g/mol. The van der Waals surface area contributed by atoms with Crippen LogP contribution in [0.25, 0.3) is 0 Å². The van der Waals surface area contributed by atoms with Crippen molar-refractivity contribution in [3.63, 3.8) is 0 Å². The SMILES string of the molecule is CCCSCc1cc(C(=O)O)sc1C. The molecule has 0 saturated heterocycles. The number of thioether (sulfide) groups is 1. The van der Waals surface area contributed by atoms with Crippen molar-refractivity contribution in [3.05, 3.63) is 21.4 Å². The standard InChI is InChI=1S/C10H14O2S2/c1-3-4-13-6-8-5-9(10(11)12)14-7(8)2/h5H,3-4,6H2,1-2H3,(H,11,12). The van der Waals surface area contributed by atoms with Gasteiger partial charge in [-0.05, 0) is 30.7 Å². The van der Waals surface area contributed by atoms with Gasteiger partial charge in [0, 0.05) is 10.6 Å². The minimum Gasteiger partial charge on any atom is -0.477 e. The molecule has 2 nitrogen and oxygen atoms in total. The first-order chi connectivity index (χ1) is 6.65. The molecule has 0 bridgehead atoms. The van der Waals surface area contributed by atoms with Crippen molar-refractivity contribution in [3.8, 4) is 0 Å². The Kier molecular flexibility index (Phi) is 4.48. The molecular weight excluding hydrogens is 216 g/mol. The highest BCUT2D eigenvalue weighted by molar-refractivity contribution is 7.98. The zero-order valence-corrected chi connectivity index (χ0v) is 10.0. The Labute approximate surface area is 92.3 Å². The highest BCUT2D eigenvalue weighted by Crippen LogP contribution is 2.25. The zero-order valence-electron chi connectivity index (χ0n) is 8.37. The predicted molar refractivity (Wildman–Crippen MR) is 62.5 cm³/mol. The van der Waals surface area contributed by atoms with Crippen LogP contribution in [0.1, 0.15) is 33.5 Å². The van der Waals surface area contributed by atoms with Crippen LogP contribution in [-0.4, -0.2) is 16.8 Å². The van der Waals surface area contributed by atoms with Gasteiger partial charge in [0.2, 0.25) is 0 Å². The number of hydrogen-bond acceptors (Lipinski definition) is 3. The lowest BCUT2D eigenvalue weighted by Crippen LogP contribution is -1.90. The molecule has 1 heterocycles. The summed E-state index contributed by atoms with van der Waals surface area (Å²) in [5.74, 6) is 1.26. The van der Waals surface area contributed by atoms with Gasteiger partial charge in [0.15, 0.2) is 0 Å². The highest BCUT2D eigenvalue weighted by Gasteiger charge is 2.10. The zero-order chi connectivity index (χ0) is 10.6. The topological polar surface area (TPSA) is 37.3 Å². The van der Waals surface area contributed by atoms with Gasteiger partial charge in [-0.1, -0.05) is 6.92 Å². The Morgan fingerprint density at radius 1 is 1.64 bits per heavy atom. The lowest BCUT2D eigenvalue weighted by atomic mass is 10.3. The molecule has 0 spiro atoms. The summed E-state index contributed by atoms with van der Waals surface area (Å²) < 4.78 is 0. The average Bonchev–Trinajstić information content (AvgIpc) is 2.49. The third-order valence-electron chi connectivity index (χ3n) is 1.84. The minimum atomic E-state index is -0.815. The highest BCUT2D eigenvalue weighted by atomic mass is 32.2. The Morgan fingerprint density at radius 3 is 2.86 bits per heavy atom. The second kappa shape index (κ2) is 5.41. The van der Waals surface area contributed by atoms with Crippen LogP contribution in [-0.2, 0) is 5.75 Å². The molecule has 1 N–H and O–H groups in total. The lowest BCUT2D eigenvalue weighted by molar-refractivity contribution is 0.0702. The fraction of sp³-hybridized carbons (Fsp3) is 0.500. The molecule has 1 aromatic rings. The first kappa shape index (κ1) is 11.6. The van der Waals surface area contributed by atoms with Crippen LogP contribution < -0.4 is 0 Å². The smallest absolute Gasteiger partial charge is 0.345 e. The molecule has 1 aromatic heterocycles. The Bertz CT molecular complexity index is 318. The van der Waals surface area contributed by atoms with E-state index in [4.69, 9.17) is 5.11 Å². The fourth-order valence-corrected chi connectivity index (χ4v) is 3.02. The maximum absolute atomic E-state index is 10.7. The van der Waals surface area contributed by atoms with E-state index in [0.717, 1.165) is 16.4 Å². The molecular formula is C10H14O2S2. The van der Waals surface area contributed by atoms with Crippen molar-refractivity contribution < 1.29 is 9.90 Å². The van der Waals surface area contributed by atoms with Crippen LogP contribution in [0.15, 0.2) is 6.07 Å². The summed E-state index contributed by atoms with van der Waals surface area (Å²) in [7, 11) is 0. The molecule has 0 aliphatic heterocycles. The van der Waals surface area contributed by atoms with E-state index in [2.05, 4.69) is 6.92 Å². The molecule has 0 saturated carbocycles. The first-order valence-electron chi connectivity index (χ1n) is 4.55. The monoisotopic (exact) mass is 230 g/mol. The van der Waals surface area contributed by atoms with Crippen LogP contribution in [0.2, 0.25) is 0 Å². The number of rotatable bonds is 5. The van der Waals surface area contributed by atoms with E-state index in [0.29, 0.717) is 4.88 Å². The van der Waals surface area contributed by atoms with E-state index in [9.17, 15) is 4.79 Å². The van der Waals surface area contributed by atoms with E-state index in [-0.39, 0.29) is 0 Å². The summed E-state index contributed by atoms with van der Waals surface area (Å²) in [5, 5.41) is 8.80. The van der Waals surface area contributed by atoms with Gasteiger partial charge >= 0.3 is 5.97 Å². The van der Waals surface area contributed by atoms with E-state index < -0.39 is 5.97 Å². The number of carbonyl (C=O) groups is 1. The van der Waals surface area contributed by atoms with Gasteiger partial charge in [-0.25, -0.2) is 4.79 Å². The summed E-state index contributed by atoms with van der Waals surface area (Å²) in [6, 6.07) is 1.80. The number of carboxylic acid groups (broad SMARTS) is 1. The van der Waals surface area contributed by atoms with Crippen molar-refractivity contribution in [2.24, 2.45) is 0 Å². The third kappa shape index (κ3) is 3.03. The summed E-state index contributed by atoms with van der Waals surface area (Å²) >= 11 is 3.23. The molecule has 0 fully saturated rings. The van der Waals surface area contributed by atoms with Crippen molar-refractivity contribution in [1.29, 1.82) is 0 Å². The second-order valence-corrected chi connectivity index (χ2v) is 5.41. The Hall–Kier alpha value is -0.480. The van der Waals surface area contributed by atoms with E-state index >= 15 is 0 Å². The normalized spacial score (nSPS) is 10.4. The van der Waals surface area contributed by atoms with Gasteiger partial charge in [0.25, 0.3) is 0 Å². The molecule has 0 unspecified atom stereocenters. The molecule has 0 atom stereocenters. The fourth-order valence-electron chi connectivity index (χ4n) is 1.09. The van der Waals surface area contributed by atoms with Crippen LogP contribution in [0.3, 0.4) is 0 Å². The molecule has 1 rings (SSSR count).